The minimum Gasteiger partial charge on any atom is -0.249 e. The van der Waals surface area contributed by atoms with Crippen molar-refractivity contribution >= 4 is 21.5 Å². The van der Waals surface area contributed by atoms with Crippen LogP contribution in [0.1, 0.15) is 56.6 Å². The van der Waals surface area contributed by atoms with Crippen molar-refractivity contribution in [3.63, 3.8) is 0 Å². The molecule has 3 aromatic carbocycles. The number of benzene rings is 3. The number of unbranched alkanes of at least 4 members (excludes halogenated alkanes) is 4. The van der Waals surface area contributed by atoms with Crippen LogP contribution < -0.4 is 0 Å². The molecule has 0 amide bonds. The highest BCUT2D eigenvalue weighted by molar-refractivity contribution is 7.89. The molecule has 174 valence electrons. The highest BCUT2D eigenvalue weighted by Crippen LogP contribution is 2.24. The molecule has 0 spiro atoms. The van der Waals surface area contributed by atoms with E-state index in [-0.39, 0.29) is 11.4 Å². The van der Waals surface area contributed by atoms with E-state index >= 15 is 0 Å². The van der Waals surface area contributed by atoms with Gasteiger partial charge in [0.1, 0.15) is 5.84 Å². The van der Waals surface area contributed by atoms with Crippen molar-refractivity contribution in [2.24, 2.45) is 4.99 Å². The zero-order valence-electron chi connectivity index (χ0n) is 19.7. The van der Waals surface area contributed by atoms with Crippen molar-refractivity contribution in [1.82, 2.24) is 4.31 Å². The first-order valence-corrected chi connectivity index (χ1v) is 13.2. The van der Waals surface area contributed by atoms with Crippen molar-refractivity contribution in [3.8, 4) is 0 Å². The molecule has 0 radical (unpaired) electrons. The Kier molecular flexibility index (Phi) is 9.25. The lowest BCUT2D eigenvalue weighted by molar-refractivity contribution is 0.509. The maximum atomic E-state index is 13.9. The molecule has 0 atom stereocenters. The fourth-order valence-electron chi connectivity index (χ4n) is 3.68. The fraction of sp³-hybridized carbons (Fsp3) is 0.321. The van der Waals surface area contributed by atoms with E-state index in [1.54, 1.807) is 12.1 Å². The van der Waals surface area contributed by atoms with Gasteiger partial charge in [0.15, 0.2) is 0 Å². The zero-order chi connectivity index (χ0) is 23.5. The smallest absolute Gasteiger partial charge is 0.249 e. The largest absolute Gasteiger partial charge is 0.265 e. The lowest BCUT2D eigenvalue weighted by Crippen LogP contribution is -2.36. The lowest BCUT2D eigenvalue weighted by atomic mass is 10.1. The van der Waals surface area contributed by atoms with Gasteiger partial charge in [0.25, 0.3) is 10.0 Å². The Labute approximate surface area is 199 Å². The van der Waals surface area contributed by atoms with Gasteiger partial charge in [-0.15, -0.1) is 0 Å². The van der Waals surface area contributed by atoms with Gasteiger partial charge >= 0.3 is 0 Å². The summed E-state index contributed by atoms with van der Waals surface area (Å²) in [5.74, 6) is 0.585. The zero-order valence-corrected chi connectivity index (χ0v) is 20.5. The van der Waals surface area contributed by atoms with Crippen molar-refractivity contribution in [3.05, 3.63) is 96.1 Å². The topological polar surface area (TPSA) is 49.7 Å². The second kappa shape index (κ2) is 12.4. The first-order chi connectivity index (χ1) is 16.0. The molecular formula is C28H34N2O2S. The normalized spacial score (nSPS) is 12.0. The Bertz CT molecular complexity index is 1110. The summed E-state index contributed by atoms with van der Waals surface area (Å²) < 4.78 is 29.2. The first kappa shape index (κ1) is 24.7. The van der Waals surface area contributed by atoms with E-state index in [0.29, 0.717) is 12.3 Å². The Morgan fingerprint density at radius 2 is 1.39 bits per heavy atom. The van der Waals surface area contributed by atoms with Crippen LogP contribution in [0.15, 0.2) is 94.8 Å². The van der Waals surface area contributed by atoms with Crippen molar-refractivity contribution in [1.29, 1.82) is 0 Å². The third kappa shape index (κ3) is 7.29. The third-order valence-corrected chi connectivity index (χ3v) is 7.37. The van der Waals surface area contributed by atoms with Crippen molar-refractivity contribution in [2.45, 2.75) is 63.8 Å². The molecule has 0 aliphatic heterocycles. The first-order valence-electron chi connectivity index (χ1n) is 11.8. The van der Waals surface area contributed by atoms with Gasteiger partial charge in [-0.1, -0.05) is 98.8 Å². The van der Waals surface area contributed by atoms with Gasteiger partial charge in [-0.2, -0.15) is 0 Å². The number of amidine groups is 1. The van der Waals surface area contributed by atoms with Crippen LogP contribution in [-0.2, 0) is 16.6 Å². The lowest BCUT2D eigenvalue weighted by Gasteiger charge is -2.26. The van der Waals surface area contributed by atoms with Gasteiger partial charge in [0.05, 0.1) is 17.1 Å². The van der Waals surface area contributed by atoms with Crippen LogP contribution in [0.2, 0.25) is 0 Å². The van der Waals surface area contributed by atoms with Gasteiger partial charge in [0.2, 0.25) is 0 Å². The molecule has 0 aliphatic rings. The van der Waals surface area contributed by atoms with Crippen LogP contribution in [0, 0.1) is 6.92 Å². The SMILES string of the molecule is CCCCCCCC(=Nc1ccccc1)N(Cc1ccccc1)S(=O)(=O)c1ccc(C)cc1. The Morgan fingerprint density at radius 1 is 0.788 bits per heavy atom. The van der Waals surface area contributed by atoms with Gasteiger partial charge in [0, 0.05) is 6.42 Å². The van der Waals surface area contributed by atoms with Gasteiger partial charge < -0.3 is 0 Å². The Morgan fingerprint density at radius 3 is 2.03 bits per heavy atom. The Hall–Kier alpha value is -2.92. The fourth-order valence-corrected chi connectivity index (χ4v) is 5.14. The second-order valence-electron chi connectivity index (χ2n) is 8.34. The number of rotatable bonds is 11. The molecule has 33 heavy (non-hydrogen) atoms. The number of hydrogen-bond acceptors (Lipinski definition) is 3. The highest BCUT2D eigenvalue weighted by atomic mass is 32.2. The molecule has 3 rings (SSSR count). The van der Waals surface area contributed by atoms with Crippen LogP contribution in [0.5, 0.6) is 0 Å². The maximum Gasteiger partial charge on any atom is 0.265 e. The summed E-state index contributed by atoms with van der Waals surface area (Å²) >= 11 is 0. The molecule has 0 N–H and O–H groups in total. The summed E-state index contributed by atoms with van der Waals surface area (Å²) in [4.78, 5) is 5.13. The predicted molar refractivity (Wildman–Crippen MR) is 137 cm³/mol. The number of hydrogen-bond donors (Lipinski definition) is 0. The number of nitrogens with zero attached hydrogens (tertiary/aromatic N) is 2. The molecule has 0 fully saturated rings. The molecular weight excluding hydrogens is 428 g/mol. The van der Waals surface area contributed by atoms with Crippen molar-refractivity contribution < 1.29 is 8.42 Å². The number of para-hydroxylation sites is 1. The van der Waals surface area contributed by atoms with Crippen LogP contribution in [0.3, 0.4) is 0 Å². The average molecular weight is 463 g/mol. The van der Waals surface area contributed by atoms with E-state index in [4.69, 9.17) is 4.99 Å². The second-order valence-corrected chi connectivity index (χ2v) is 10.2. The summed E-state index contributed by atoms with van der Waals surface area (Å²) in [7, 11) is -3.78. The van der Waals surface area contributed by atoms with E-state index in [2.05, 4.69) is 6.92 Å². The maximum absolute atomic E-state index is 13.9. The summed E-state index contributed by atoms with van der Waals surface area (Å²) in [5.41, 5.74) is 2.72. The number of aliphatic imine (C=N–C) groups is 1. The number of aryl methyl sites for hydroxylation is 1. The molecule has 0 bridgehead atoms. The van der Waals surface area contributed by atoms with E-state index < -0.39 is 10.0 Å². The molecule has 4 nitrogen and oxygen atoms in total. The highest BCUT2D eigenvalue weighted by Gasteiger charge is 2.28. The minimum absolute atomic E-state index is 0.248. The molecule has 3 aromatic rings. The molecule has 5 heteroatoms. The van der Waals surface area contributed by atoms with Gasteiger partial charge in [-0.05, 0) is 43.2 Å². The van der Waals surface area contributed by atoms with Crippen LogP contribution in [-0.4, -0.2) is 18.6 Å². The van der Waals surface area contributed by atoms with E-state index in [1.165, 1.54) is 17.1 Å². The van der Waals surface area contributed by atoms with E-state index in [0.717, 1.165) is 36.1 Å². The molecule has 0 heterocycles. The van der Waals surface area contributed by atoms with Gasteiger partial charge in [-0.25, -0.2) is 17.7 Å². The van der Waals surface area contributed by atoms with Crippen LogP contribution in [0.4, 0.5) is 5.69 Å². The summed E-state index contributed by atoms with van der Waals surface area (Å²) in [6, 6.07) is 26.4. The van der Waals surface area contributed by atoms with Gasteiger partial charge in [-0.3, -0.25) is 0 Å². The summed E-state index contributed by atoms with van der Waals surface area (Å²) in [6.07, 6.45) is 6.09. The summed E-state index contributed by atoms with van der Waals surface area (Å²) in [6.45, 7) is 4.40. The predicted octanol–water partition coefficient (Wildman–Crippen LogP) is 7.28. The average Bonchev–Trinajstić information content (AvgIpc) is 2.83. The molecule has 0 unspecified atom stereocenters. The molecule has 0 aliphatic carbocycles. The quantitative estimate of drug-likeness (QED) is 0.171. The number of sulfonamides is 1. The van der Waals surface area contributed by atoms with Crippen LogP contribution >= 0.6 is 0 Å². The monoisotopic (exact) mass is 462 g/mol. The Balaban J connectivity index is 2.02. The standard InChI is InChI=1S/C28H34N2O2S/c1-3-4-5-6-13-18-28(29-26-16-11-8-12-17-26)30(23-25-14-9-7-10-15-25)33(31,32)27-21-19-24(2)20-22-27/h7-12,14-17,19-22H,3-6,13,18,23H2,1-2H3. The van der Waals surface area contributed by atoms with Crippen molar-refractivity contribution in [2.75, 3.05) is 0 Å². The minimum atomic E-state index is -3.78. The molecule has 0 aromatic heterocycles. The van der Waals surface area contributed by atoms with E-state index in [1.807, 2.05) is 79.7 Å². The summed E-state index contributed by atoms with van der Waals surface area (Å²) in [5, 5.41) is 0. The molecule has 0 saturated carbocycles. The van der Waals surface area contributed by atoms with Crippen LogP contribution in [0.25, 0.3) is 0 Å². The molecule has 0 saturated heterocycles. The van der Waals surface area contributed by atoms with E-state index in [9.17, 15) is 8.42 Å². The third-order valence-electron chi connectivity index (χ3n) is 5.58.